The summed E-state index contributed by atoms with van der Waals surface area (Å²) in [4.78, 5) is 17.3. The first-order valence-electron chi connectivity index (χ1n) is 9.22. The molecule has 25 heavy (non-hydrogen) atoms. The number of carbonyl (C=O) groups is 1. The molecule has 0 bridgehead atoms. The van der Waals surface area contributed by atoms with Crippen LogP contribution in [0.1, 0.15) is 24.5 Å². The lowest BCUT2D eigenvalue weighted by molar-refractivity contribution is -0.121. The van der Waals surface area contributed by atoms with Crippen LogP contribution in [0.3, 0.4) is 0 Å². The molecule has 5 nitrogen and oxygen atoms in total. The summed E-state index contributed by atoms with van der Waals surface area (Å²) in [5, 5.41) is 4.24. The lowest BCUT2D eigenvalue weighted by Gasteiger charge is -2.34. The Morgan fingerprint density at radius 1 is 1.28 bits per heavy atom. The second kappa shape index (κ2) is 8.02. The smallest absolute Gasteiger partial charge is 0.224 e. The summed E-state index contributed by atoms with van der Waals surface area (Å²) in [6, 6.07) is 6.31. The van der Waals surface area contributed by atoms with E-state index in [0.29, 0.717) is 6.42 Å². The highest BCUT2D eigenvalue weighted by atomic mass is 16.3. The molecule has 2 aromatic rings. The van der Waals surface area contributed by atoms with Crippen molar-refractivity contribution in [3.8, 4) is 0 Å². The van der Waals surface area contributed by atoms with Crippen LogP contribution in [0.5, 0.6) is 0 Å². The minimum atomic E-state index is 0.0734. The van der Waals surface area contributed by atoms with E-state index in [4.69, 9.17) is 4.42 Å². The van der Waals surface area contributed by atoms with Gasteiger partial charge in [-0.25, -0.2) is 0 Å². The van der Waals surface area contributed by atoms with Gasteiger partial charge in [0.2, 0.25) is 5.91 Å². The van der Waals surface area contributed by atoms with Crippen LogP contribution in [-0.4, -0.2) is 61.5 Å². The minimum Gasteiger partial charge on any atom is -0.464 e. The van der Waals surface area contributed by atoms with Crippen molar-refractivity contribution in [2.45, 2.75) is 32.7 Å². The van der Waals surface area contributed by atoms with Gasteiger partial charge in [0.15, 0.2) is 0 Å². The Labute approximate surface area is 150 Å². The first-order valence-corrected chi connectivity index (χ1v) is 9.22. The number of amides is 1. The zero-order chi connectivity index (χ0) is 17.8. The average molecular weight is 343 g/mol. The van der Waals surface area contributed by atoms with Gasteiger partial charge in [0, 0.05) is 49.7 Å². The highest BCUT2D eigenvalue weighted by Gasteiger charge is 2.19. The van der Waals surface area contributed by atoms with E-state index in [1.54, 1.807) is 6.26 Å². The van der Waals surface area contributed by atoms with E-state index < -0.39 is 0 Å². The number of fused-ring (bicyclic) bond motifs is 1. The quantitative estimate of drug-likeness (QED) is 0.875. The summed E-state index contributed by atoms with van der Waals surface area (Å²) in [6.45, 7) is 9.47. The number of likely N-dealkylation sites (N-methyl/N-ethyl adjacent to an activating group) is 1. The van der Waals surface area contributed by atoms with Crippen molar-refractivity contribution in [3.63, 3.8) is 0 Å². The van der Waals surface area contributed by atoms with Crippen molar-refractivity contribution in [1.82, 2.24) is 15.1 Å². The maximum absolute atomic E-state index is 12.5. The van der Waals surface area contributed by atoms with Crippen LogP contribution >= 0.6 is 0 Å². The molecule has 0 radical (unpaired) electrons. The monoisotopic (exact) mass is 343 g/mol. The summed E-state index contributed by atoms with van der Waals surface area (Å²) < 4.78 is 5.60. The molecule has 1 fully saturated rings. The number of benzene rings is 1. The van der Waals surface area contributed by atoms with Gasteiger partial charge in [-0.3, -0.25) is 9.69 Å². The molecule has 1 N–H and O–H groups in total. The summed E-state index contributed by atoms with van der Waals surface area (Å²) in [6.07, 6.45) is 3.03. The molecule has 0 aliphatic carbocycles. The van der Waals surface area contributed by atoms with Crippen LogP contribution in [0.25, 0.3) is 11.0 Å². The third kappa shape index (κ3) is 4.61. The van der Waals surface area contributed by atoms with Crippen molar-refractivity contribution in [1.29, 1.82) is 0 Å². The second-order valence-electron chi connectivity index (χ2n) is 7.21. The van der Waals surface area contributed by atoms with Crippen molar-refractivity contribution in [2.24, 2.45) is 0 Å². The molecule has 0 saturated carbocycles. The molecule has 136 valence electrons. The van der Waals surface area contributed by atoms with Gasteiger partial charge >= 0.3 is 0 Å². The predicted octanol–water partition coefficient (Wildman–Crippen LogP) is 2.43. The van der Waals surface area contributed by atoms with Crippen LogP contribution in [0.15, 0.2) is 28.9 Å². The maximum atomic E-state index is 12.5. The van der Waals surface area contributed by atoms with E-state index in [1.807, 2.05) is 19.1 Å². The fourth-order valence-electron chi connectivity index (χ4n) is 3.40. The topological polar surface area (TPSA) is 48.7 Å². The Kier molecular flexibility index (Phi) is 5.76. The van der Waals surface area contributed by atoms with Crippen LogP contribution in [0.4, 0.5) is 0 Å². The molecule has 1 atom stereocenters. The van der Waals surface area contributed by atoms with Crippen LogP contribution < -0.4 is 5.32 Å². The Bertz CT molecular complexity index is 717. The number of hydrogen-bond donors (Lipinski definition) is 1. The number of hydrogen-bond acceptors (Lipinski definition) is 4. The summed E-state index contributed by atoms with van der Waals surface area (Å²) in [5.74, 6) is 0.0734. The second-order valence-corrected chi connectivity index (χ2v) is 7.21. The minimum absolute atomic E-state index is 0.0734. The number of furan rings is 1. The van der Waals surface area contributed by atoms with Crippen molar-refractivity contribution < 1.29 is 9.21 Å². The van der Waals surface area contributed by atoms with Gasteiger partial charge in [-0.1, -0.05) is 19.1 Å². The van der Waals surface area contributed by atoms with Gasteiger partial charge in [-0.2, -0.15) is 0 Å². The highest BCUT2D eigenvalue weighted by Crippen LogP contribution is 2.22. The molecular formula is C20H29N3O2. The molecule has 1 aliphatic heterocycles. The molecule has 1 aromatic carbocycles. The van der Waals surface area contributed by atoms with Crippen LogP contribution in [0, 0.1) is 6.92 Å². The van der Waals surface area contributed by atoms with Gasteiger partial charge in [-0.15, -0.1) is 0 Å². The van der Waals surface area contributed by atoms with Gasteiger partial charge in [0.25, 0.3) is 0 Å². The number of piperazine rings is 1. The standard InChI is InChI=1S/C20H29N3O2/c1-4-17(13-23-9-7-22(3)8-10-23)21-20(24)12-16-14-25-19-11-15(2)5-6-18(16)19/h5-6,11,14,17H,4,7-10,12-13H2,1-3H3,(H,21,24). The molecule has 1 aromatic heterocycles. The zero-order valence-corrected chi connectivity index (χ0v) is 15.5. The molecular weight excluding hydrogens is 314 g/mol. The third-order valence-electron chi connectivity index (χ3n) is 5.09. The molecule has 1 saturated heterocycles. The normalized spacial score (nSPS) is 17.7. The van der Waals surface area contributed by atoms with Crippen molar-refractivity contribution in [2.75, 3.05) is 39.8 Å². The average Bonchev–Trinajstić information content (AvgIpc) is 2.98. The van der Waals surface area contributed by atoms with E-state index in [9.17, 15) is 4.79 Å². The first-order chi connectivity index (χ1) is 12.0. The van der Waals surface area contributed by atoms with Gasteiger partial charge in [0.1, 0.15) is 5.58 Å². The van der Waals surface area contributed by atoms with E-state index in [1.165, 1.54) is 0 Å². The van der Waals surface area contributed by atoms with Crippen LogP contribution in [-0.2, 0) is 11.2 Å². The van der Waals surface area contributed by atoms with Gasteiger partial charge in [0.05, 0.1) is 12.7 Å². The Morgan fingerprint density at radius 3 is 2.76 bits per heavy atom. The summed E-state index contributed by atoms with van der Waals surface area (Å²) in [7, 11) is 2.16. The fourth-order valence-corrected chi connectivity index (χ4v) is 3.40. The Morgan fingerprint density at radius 2 is 2.04 bits per heavy atom. The van der Waals surface area contributed by atoms with Gasteiger partial charge < -0.3 is 14.6 Å². The fraction of sp³-hybridized carbons (Fsp3) is 0.550. The van der Waals surface area contributed by atoms with E-state index in [-0.39, 0.29) is 11.9 Å². The lowest BCUT2D eigenvalue weighted by atomic mass is 10.1. The molecule has 1 unspecified atom stereocenters. The lowest BCUT2D eigenvalue weighted by Crippen LogP contribution is -2.50. The Balaban J connectivity index is 1.56. The number of nitrogens with one attached hydrogen (secondary N) is 1. The molecule has 0 spiro atoms. The van der Waals surface area contributed by atoms with Crippen molar-refractivity contribution >= 4 is 16.9 Å². The summed E-state index contributed by atoms with van der Waals surface area (Å²) in [5.41, 5.74) is 2.98. The van der Waals surface area contributed by atoms with E-state index >= 15 is 0 Å². The molecule has 1 aliphatic rings. The Hall–Kier alpha value is -1.85. The number of nitrogens with zero attached hydrogens (tertiary/aromatic N) is 2. The zero-order valence-electron chi connectivity index (χ0n) is 15.5. The van der Waals surface area contributed by atoms with E-state index in [0.717, 1.165) is 61.2 Å². The number of rotatable bonds is 6. The maximum Gasteiger partial charge on any atom is 0.224 e. The van der Waals surface area contributed by atoms with Crippen LogP contribution in [0.2, 0.25) is 0 Å². The SMILES string of the molecule is CCC(CN1CCN(C)CC1)NC(=O)Cc1coc2cc(C)ccc12. The predicted molar refractivity (Wildman–Crippen MR) is 101 cm³/mol. The first kappa shape index (κ1) is 18.0. The molecule has 1 amide bonds. The summed E-state index contributed by atoms with van der Waals surface area (Å²) >= 11 is 0. The van der Waals surface area contributed by atoms with E-state index in [2.05, 4.69) is 35.2 Å². The van der Waals surface area contributed by atoms with Gasteiger partial charge in [-0.05, 0) is 32.0 Å². The number of carbonyl (C=O) groups excluding carboxylic acids is 1. The largest absolute Gasteiger partial charge is 0.464 e. The highest BCUT2D eigenvalue weighted by molar-refractivity contribution is 5.88. The molecule has 5 heteroatoms. The molecule has 3 rings (SSSR count). The number of aryl methyl sites for hydroxylation is 1. The van der Waals surface area contributed by atoms with Crippen molar-refractivity contribution in [3.05, 3.63) is 35.6 Å². The molecule has 2 heterocycles. The third-order valence-corrected chi connectivity index (χ3v) is 5.09.